The van der Waals surface area contributed by atoms with Crippen molar-refractivity contribution in [2.45, 2.75) is 27.3 Å². The fourth-order valence-corrected chi connectivity index (χ4v) is 3.64. The zero-order valence-electron chi connectivity index (χ0n) is 13.2. The van der Waals surface area contributed by atoms with Crippen molar-refractivity contribution in [2.75, 3.05) is 12.4 Å². The first-order chi connectivity index (χ1) is 10.6. The van der Waals surface area contributed by atoms with Crippen LogP contribution < -0.4 is 10.1 Å². The topological polar surface area (TPSA) is 47.0 Å². The van der Waals surface area contributed by atoms with E-state index in [0.717, 1.165) is 39.6 Å². The van der Waals surface area contributed by atoms with Crippen molar-refractivity contribution in [1.82, 2.24) is 9.97 Å². The third-order valence-corrected chi connectivity index (χ3v) is 5.07. The summed E-state index contributed by atoms with van der Waals surface area (Å²) in [5, 5.41) is 4.32. The van der Waals surface area contributed by atoms with E-state index in [0.29, 0.717) is 0 Å². The highest BCUT2D eigenvalue weighted by molar-refractivity contribution is 7.22. The average Bonchev–Trinajstić information content (AvgIpc) is 2.97. The zero-order valence-corrected chi connectivity index (χ0v) is 14.0. The van der Waals surface area contributed by atoms with Gasteiger partial charge < -0.3 is 10.1 Å². The molecule has 2 heterocycles. The van der Waals surface area contributed by atoms with Crippen molar-refractivity contribution in [1.29, 1.82) is 0 Å². The molecule has 2 aromatic heterocycles. The molecular formula is C17H19N3OS. The molecule has 0 bridgehead atoms. The number of benzene rings is 1. The molecule has 1 N–H and O–H groups in total. The normalized spacial score (nSPS) is 10.9. The largest absolute Gasteiger partial charge is 0.496 e. The number of hydrogen-bond donors (Lipinski definition) is 1. The van der Waals surface area contributed by atoms with Gasteiger partial charge in [-0.2, -0.15) is 0 Å². The Morgan fingerprint density at radius 1 is 1.18 bits per heavy atom. The Morgan fingerprint density at radius 2 is 2.00 bits per heavy atom. The molecule has 114 valence electrons. The SMILES string of the molecule is COc1c(C)c(C)c2nc(NCc3cccnc3)sc2c1C. The van der Waals surface area contributed by atoms with E-state index in [2.05, 4.69) is 37.1 Å². The Labute approximate surface area is 134 Å². The van der Waals surface area contributed by atoms with Gasteiger partial charge in [-0.05, 0) is 43.5 Å². The molecule has 0 unspecified atom stereocenters. The summed E-state index contributed by atoms with van der Waals surface area (Å²) < 4.78 is 6.74. The van der Waals surface area contributed by atoms with Crippen LogP contribution in [0.25, 0.3) is 10.2 Å². The molecule has 5 heteroatoms. The molecule has 0 saturated heterocycles. The van der Waals surface area contributed by atoms with Crippen LogP contribution in [-0.4, -0.2) is 17.1 Å². The number of thiazole rings is 1. The molecule has 0 saturated carbocycles. The van der Waals surface area contributed by atoms with Crippen molar-refractivity contribution < 1.29 is 4.74 Å². The lowest BCUT2D eigenvalue weighted by Gasteiger charge is -2.11. The lowest BCUT2D eigenvalue weighted by Crippen LogP contribution is -1.99. The first-order valence-electron chi connectivity index (χ1n) is 7.19. The Morgan fingerprint density at radius 3 is 2.68 bits per heavy atom. The fraction of sp³-hybridized carbons (Fsp3) is 0.294. The summed E-state index contributed by atoms with van der Waals surface area (Å²) >= 11 is 1.67. The van der Waals surface area contributed by atoms with Gasteiger partial charge in [0, 0.05) is 24.5 Å². The van der Waals surface area contributed by atoms with Gasteiger partial charge in [-0.15, -0.1) is 0 Å². The number of ether oxygens (including phenoxy) is 1. The second kappa shape index (κ2) is 5.93. The van der Waals surface area contributed by atoms with Crippen molar-refractivity contribution >= 4 is 26.7 Å². The van der Waals surface area contributed by atoms with E-state index >= 15 is 0 Å². The van der Waals surface area contributed by atoms with Crippen LogP contribution in [0, 0.1) is 20.8 Å². The van der Waals surface area contributed by atoms with Gasteiger partial charge in [-0.1, -0.05) is 17.4 Å². The summed E-state index contributed by atoms with van der Waals surface area (Å²) in [5.41, 5.74) is 5.71. The van der Waals surface area contributed by atoms with Crippen LogP contribution >= 0.6 is 11.3 Å². The van der Waals surface area contributed by atoms with Gasteiger partial charge in [0.2, 0.25) is 0 Å². The highest BCUT2D eigenvalue weighted by Gasteiger charge is 2.16. The smallest absolute Gasteiger partial charge is 0.184 e. The maximum Gasteiger partial charge on any atom is 0.184 e. The summed E-state index contributed by atoms with van der Waals surface area (Å²) in [6.45, 7) is 7.01. The number of methoxy groups -OCH3 is 1. The predicted molar refractivity (Wildman–Crippen MR) is 91.9 cm³/mol. The van der Waals surface area contributed by atoms with Crippen LogP contribution in [0.15, 0.2) is 24.5 Å². The van der Waals surface area contributed by atoms with E-state index in [4.69, 9.17) is 9.72 Å². The number of aryl methyl sites for hydroxylation is 2. The summed E-state index contributed by atoms with van der Waals surface area (Å²) in [6, 6.07) is 3.99. The molecule has 1 aromatic carbocycles. The third kappa shape index (κ3) is 2.52. The molecule has 3 aromatic rings. The minimum absolute atomic E-state index is 0.724. The van der Waals surface area contributed by atoms with Gasteiger partial charge in [0.05, 0.1) is 17.3 Å². The van der Waals surface area contributed by atoms with Crippen LogP contribution in [0.3, 0.4) is 0 Å². The van der Waals surface area contributed by atoms with Gasteiger partial charge in [0.1, 0.15) is 5.75 Å². The van der Waals surface area contributed by atoms with Gasteiger partial charge in [-0.3, -0.25) is 4.98 Å². The Balaban J connectivity index is 1.96. The molecule has 0 aliphatic heterocycles. The van der Waals surface area contributed by atoms with E-state index in [9.17, 15) is 0 Å². The molecule has 3 rings (SSSR count). The van der Waals surface area contributed by atoms with Crippen LogP contribution in [0.1, 0.15) is 22.3 Å². The van der Waals surface area contributed by atoms with Crippen LogP contribution in [0.2, 0.25) is 0 Å². The predicted octanol–water partition coefficient (Wildman–Crippen LogP) is 4.24. The zero-order chi connectivity index (χ0) is 15.7. The van der Waals surface area contributed by atoms with E-state index in [1.807, 2.05) is 12.3 Å². The second-order valence-electron chi connectivity index (χ2n) is 5.32. The summed E-state index contributed by atoms with van der Waals surface area (Å²) in [6.07, 6.45) is 3.65. The molecule has 0 radical (unpaired) electrons. The van der Waals surface area contributed by atoms with Gasteiger partial charge in [0.15, 0.2) is 5.13 Å². The first kappa shape index (κ1) is 14.8. The lowest BCUT2D eigenvalue weighted by atomic mass is 10.0. The minimum Gasteiger partial charge on any atom is -0.496 e. The number of anilines is 1. The van der Waals surface area contributed by atoms with E-state index in [1.54, 1.807) is 24.6 Å². The Kier molecular flexibility index (Phi) is 3.98. The summed E-state index contributed by atoms with van der Waals surface area (Å²) in [4.78, 5) is 8.88. The number of pyridine rings is 1. The number of nitrogens with one attached hydrogen (secondary N) is 1. The average molecular weight is 313 g/mol. The quantitative estimate of drug-likeness (QED) is 0.782. The number of hydrogen-bond acceptors (Lipinski definition) is 5. The highest BCUT2D eigenvalue weighted by atomic mass is 32.1. The maximum atomic E-state index is 5.55. The Bertz CT molecular complexity index is 812. The lowest BCUT2D eigenvalue weighted by molar-refractivity contribution is 0.409. The van der Waals surface area contributed by atoms with Crippen molar-refractivity contribution in [3.8, 4) is 5.75 Å². The van der Waals surface area contributed by atoms with Crippen molar-refractivity contribution in [2.24, 2.45) is 0 Å². The van der Waals surface area contributed by atoms with Crippen LogP contribution in [0.5, 0.6) is 5.75 Å². The van der Waals surface area contributed by atoms with Gasteiger partial charge >= 0.3 is 0 Å². The van der Waals surface area contributed by atoms with Gasteiger partial charge in [0.25, 0.3) is 0 Å². The van der Waals surface area contributed by atoms with Crippen LogP contribution in [-0.2, 0) is 6.54 Å². The highest BCUT2D eigenvalue weighted by Crippen LogP contribution is 2.39. The molecule has 0 aliphatic rings. The molecule has 4 nitrogen and oxygen atoms in total. The molecule has 0 amide bonds. The molecule has 0 aliphatic carbocycles. The van der Waals surface area contributed by atoms with Gasteiger partial charge in [-0.25, -0.2) is 4.98 Å². The van der Waals surface area contributed by atoms with E-state index < -0.39 is 0 Å². The molecular weight excluding hydrogens is 294 g/mol. The molecule has 0 spiro atoms. The fourth-order valence-electron chi connectivity index (χ4n) is 2.62. The number of rotatable bonds is 4. The monoisotopic (exact) mass is 313 g/mol. The number of aromatic nitrogens is 2. The Hall–Kier alpha value is -2.14. The molecule has 0 atom stereocenters. The number of fused-ring (bicyclic) bond motifs is 1. The minimum atomic E-state index is 0.724. The van der Waals surface area contributed by atoms with Crippen molar-refractivity contribution in [3.63, 3.8) is 0 Å². The summed E-state index contributed by atoms with van der Waals surface area (Å²) in [7, 11) is 1.73. The van der Waals surface area contributed by atoms with Crippen LogP contribution in [0.4, 0.5) is 5.13 Å². The maximum absolute atomic E-state index is 5.55. The second-order valence-corrected chi connectivity index (χ2v) is 6.32. The van der Waals surface area contributed by atoms with Crippen molar-refractivity contribution in [3.05, 3.63) is 46.8 Å². The molecule has 0 fully saturated rings. The number of nitrogens with zero attached hydrogens (tertiary/aromatic N) is 2. The first-order valence-corrected chi connectivity index (χ1v) is 8.00. The standard InChI is InChI=1S/C17H19N3OS/c1-10-11(2)15(21-4)12(3)16-14(10)20-17(22-16)19-9-13-6-5-7-18-8-13/h5-8H,9H2,1-4H3,(H,19,20). The van der Waals surface area contributed by atoms with E-state index in [1.165, 1.54) is 10.3 Å². The summed E-state index contributed by atoms with van der Waals surface area (Å²) in [5.74, 6) is 0.965. The third-order valence-electron chi connectivity index (χ3n) is 3.94. The molecule has 22 heavy (non-hydrogen) atoms. The van der Waals surface area contributed by atoms with E-state index in [-0.39, 0.29) is 0 Å².